The number of hydrogen-bond acceptors (Lipinski definition) is 2. The molecule has 4 heteroatoms. The quantitative estimate of drug-likeness (QED) is 0.912. The van der Waals surface area contributed by atoms with Crippen LogP contribution in [0.3, 0.4) is 0 Å². The van der Waals surface area contributed by atoms with Gasteiger partial charge in [0.25, 0.3) is 0 Å². The second-order valence-electron chi connectivity index (χ2n) is 4.96. The zero-order valence-electron chi connectivity index (χ0n) is 11.1. The summed E-state index contributed by atoms with van der Waals surface area (Å²) in [4.78, 5) is 0. The van der Waals surface area contributed by atoms with E-state index in [0.717, 1.165) is 16.9 Å². The monoisotopic (exact) mass is 291 g/mol. The van der Waals surface area contributed by atoms with Gasteiger partial charge in [-0.25, -0.2) is 4.39 Å². The van der Waals surface area contributed by atoms with Crippen molar-refractivity contribution in [2.75, 3.05) is 6.61 Å². The molecule has 0 spiro atoms. The molecule has 2 nitrogen and oxygen atoms in total. The number of para-hydroxylation sites is 1. The minimum Gasteiger partial charge on any atom is -0.491 e. The first-order valence-electron chi connectivity index (χ1n) is 6.58. The highest BCUT2D eigenvalue weighted by Crippen LogP contribution is 2.33. The van der Waals surface area contributed by atoms with Gasteiger partial charge in [-0.3, -0.25) is 0 Å². The van der Waals surface area contributed by atoms with Gasteiger partial charge in [0.15, 0.2) is 0 Å². The summed E-state index contributed by atoms with van der Waals surface area (Å²) in [5, 5.41) is 3.61. The lowest BCUT2D eigenvalue weighted by molar-refractivity contribution is 0.301. The van der Waals surface area contributed by atoms with Gasteiger partial charge in [0, 0.05) is 11.6 Å². The third kappa shape index (κ3) is 2.51. The van der Waals surface area contributed by atoms with Crippen molar-refractivity contribution in [2.45, 2.75) is 19.0 Å². The van der Waals surface area contributed by atoms with E-state index in [9.17, 15) is 4.39 Å². The molecule has 1 aliphatic heterocycles. The van der Waals surface area contributed by atoms with Crippen LogP contribution >= 0.6 is 11.6 Å². The van der Waals surface area contributed by atoms with E-state index < -0.39 is 0 Å². The Morgan fingerprint density at radius 1 is 1.30 bits per heavy atom. The van der Waals surface area contributed by atoms with Crippen LogP contribution in [0, 0.1) is 5.82 Å². The summed E-state index contributed by atoms with van der Waals surface area (Å²) >= 11 is 5.71. The van der Waals surface area contributed by atoms with Crippen LogP contribution in [0.2, 0.25) is 5.02 Å². The molecule has 0 saturated carbocycles. The summed E-state index contributed by atoms with van der Waals surface area (Å²) < 4.78 is 19.1. The minimum atomic E-state index is -0.388. The molecule has 2 aromatic carbocycles. The molecule has 0 amide bonds. The summed E-state index contributed by atoms with van der Waals surface area (Å²) in [5.41, 5.74) is 2.02. The molecule has 0 radical (unpaired) electrons. The molecule has 1 heterocycles. The average Bonchev–Trinajstić information content (AvgIpc) is 2.85. The standard InChI is InChI=1S/C16H15ClFNO/c1-10(11-6-7-13(17)14(18)8-11)19-15-9-20-16-5-3-2-4-12(15)16/h2-8,10,15,19H,9H2,1H3. The Morgan fingerprint density at radius 3 is 2.90 bits per heavy atom. The maximum atomic E-state index is 13.5. The lowest BCUT2D eigenvalue weighted by Crippen LogP contribution is -2.25. The first-order chi connectivity index (χ1) is 9.65. The first kappa shape index (κ1) is 13.4. The van der Waals surface area contributed by atoms with E-state index in [4.69, 9.17) is 16.3 Å². The summed E-state index contributed by atoms with van der Waals surface area (Å²) in [6.07, 6.45) is 0. The van der Waals surface area contributed by atoms with Crippen LogP contribution in [0.4, 0.5) is 4.39 Å². The third-order valence-corrected chi connectivity index (χ3v) is 3.90. The topological polar surface area (TPSA) is 21.3 Å². The summed E-state index contributed by atoms with van der Waals surface area (Å²) in [7, 11) is 0. The van der Waals surface area contributed by atoms with Crippen molar-refractivity contribution in [3.8, 4) is 5.75 Å². The van der Waals surface area contributed by atoms with E-state index in [-0.39, 0.29) is 22.9 Å². The van der Waals surface area contributed by atoms with E-state index in [2.05, 4.69) is 11.4 Å². The van der Waals surface area contributed by atoms with Gasteiger partial charge in [0.05, 0.1) is 11.1 Å². The molecule has 1 N–H and O–H groups in total. The Hall–Kier alpha value is -1.58. The van der Waals surface area contributed by atoms with Gasteiger partial charge < -0.3 is 10.1 Å². The van der Waals surface area contributed by atoms with Crippen molar-refractivity contribution >= 4 is 11.6 Å². The second kappa shape index (κ2) is 5.43. The predicted octanol–water partition coefficient (Wildman–Crippen LogP) is 4.26. The van der Waals surface area contributed by atoms with Crippen molar-refractivity contribution in [2.24, 2.45) is 0 Å². The molecule has 20 heavy (non-hydrogen) atoms. The molecule has 0 bridgehead atoms. The number of halogens is 2. The fourth-order valence-corrected chi connectivity index (χ4v) is 2.60. The lowest BCUT2D eigenvalue weighted by Gasteiger charge is -2.19. The van der Waals surface area contributed by atoms with Gasteiger partial charge in [-0.05, 0) is 30.7 Å². The number of ether oxygens (including phenoxy) is 1. The first-order valence-corrected chi connectivity index (χ1v) is 6.95. The Labute approximate surface area is 122 Å². The lowest BCUT2D eigenvalue weighted by atomic mass is 10.0. The van der Waals surface area contributed by atoms with E-state index in [0.29, 0.717) is 6.61 Å². The van der Waals surface area contributed by atoms with Crippen LogP contribution in [0.15, 0.2) is 42.5 Å². The zero-order valence-corrected chi connectivity index (χ0v) is 11.8. The van der Waals surface area contributed by atoms with Gasteiger partial charge in [0.2, 0.25) is 0 Å². The predicted molar refractivity (Wildman–Crippen MR) is 77.6 cm³/mol. The molecule has 2 atom stereocenters. The van der Waals surface area contributed by atoms with Crippen molar-refractivity contribution in [3.63, 3.8) is 0 Å². The summed E-state index contributed by atoms with van der Waals surface area (Å²) in [6, 6.07) is 13.0. The smallest absolute Gasteiger partial charge is 0.142 e. The molecule has 0 saturated heterocycles. The second-order valence-corrected chi connectivity index (χ2v) is 5.37. The van der Waals surface area contributed by atoms with Crippen molar-refractivity contribution in [1.29, 1.82) is 0 Å². The Balaban J connectivity index is 1.77. The summed E-state index contributed by atoms with van der Waals surface area (Å²) in [6.45, 7) is 2.60. The fourth-order valence-electron chi connectivity index (χ4n) is 2.48. The average molecular weight is 292 g/mol. The van der Waals surface area contributed by atoms with Crippen LogP contribution in [0.25, 0.3) is 0 Å². The normalized spacial score (nSPS) is 18.4. The SMILES string of the molecule is CC(NC1COc2ccccc21)c1ccc(Cl)c(F)c1. The third-order valence-electron chi connectivity index (χ3n) is 3.59. The molecule has 0 fully saturated rings. The Bertz CT molecular complexity index is 632. The molecule has 104 valence electrons. The van der Waals surface area contributed by atoms with E-state index in [1.165, 1.54) is 6.07 Å². The maximum absolute atomic E-state index is 13.5. The largest absolute Gasteiger partial charge is 0.491 e. The van der Waals surface area contributed by atoms with E-state index >= 15 is 0 Å². The zero-order chi connectivity index (χ0) is 14.1. The Kier molecular flexibility index (Phi) is 3.64. The number of nitrogens with one attached hydrogen (secondary N) is 1. The van der Waals surface area contributed by atoms with Gasteiger partial charge in [-0.1, -0.05) is 35.9 Å². The van der Waals surface area contributed by atoms with Crippen LogP contribution in [0.1, 0.15) is 30.1 Å². The van der Waals surface area contributed by atoms with Crippen molar-refractivity contribution in [1.82, 2.24) is 5.32 Å². The Morgan fingerprint density at radius 2 is 2.10 bits per heavy atom. The van der Waals surface area contributed by atoms with Crippen molar-refractivity contribution in [3.05, 3.63) is 64.4 Å². The molecule has 0 aromatic heterocycles. The van der Waals surface area contributed by atoms with Crippen LogP contribution in [-0.4, -0.2) is 6.61 Å². The number of hydrogen-bond donors (Lipinski definition) is 1. The molecule has 1 aliphatic rings. The molecular weight excluding hydrogens is 277 g/mol. The highest BCUT2D eigenvalue weighted by Gasteiger charge is 2.25. The van der Waals surface area contributed by atoms with Crippen LogP contribution in [0.5, 0.6) is 5.75 Å². The van der Waals surface area contributed by atoms with Gasteiger partial charge in [0.1, 0.15) is 18.2 Å². The number of fused-ring (bicyclic) bond motifs is 1. The van der Waals surface area contributed by atoms with E-state index in [1.807, 2.05) is 31.2 Å². The van der Waals surface area contributed by atoms with Crippen LogP contribution < -0.4 is 10.1 Å². The van der Waals surface area contributed by atoms with Crippen molar-refractivity contribution < 1.29 is 9.13 Å². The molecule has 2 aromatic rings. The van der Waals surface area contributed by atoms with Gasteiger partial charge >= 0.3 is 0 Å². The van der Waals surface area contributed by atoms with Gasteiger partial charge in [-0.15, -0.1) is 0 Å². The minimum absolute atomic E-state index is 0.0153. The molecule has 0 aliphatic carbocycles. The maximum Gasteiger partial charge on any atom is 0.142 e. The molecule has 2 unspecified atom stereocenters. The highest BCUT2D eigenvalue weighted by molar-refractivity contribution is 6.30. The number of benzene rings is 2. The van der Waals surface area contributed by atoms with Crippen LogP contribution in [-0.2, 0) is 0 Å². The summed E-state index contributed by atoms with van der Waals surface area (Å²) in [5.74, 6) is 0.528. The van der Waals surface area contributed by atoms with Gasteiger partial charge in [-0.2, -0.15) is 0 Å². The molecular formula is C16H15ClFNO. The van der Waals surface area contributed by atoms with E-state index in [1.54, 1.807) is 6.07 Å². The molecule has 3 rings (SSSR count). The fraction of sp³-hybridized carbons (Fsp3) is 0.250. The highest BCUT2D eigenvalue weighted by atomic mass is 35.5. The number of rotatable bonds is 3.